The number of ether oxygens (including phenoxy) is 1. The van der Waals surface area contributed by atoms with E-state index in [-0.39, 0.29) is 23.6 Å². The summed E-state index contributed by atoms with van der Waals surface area (Å²) < 4.78 is 7.28. The first kappa shape index (κ1) is 22.9. The Kier molecular flexibility index (Phi) is 6.99. The Morgan fingerprint density at radius 2 is 1.79 bits per heavy atom. The van der Waals surface area contributed by atoms with Crippen LogP contribution in [0.1, 0.15) is 52.4 Å². The van der Waals surface area contributed by atoms with E-state index in [1.165, 1.54) is 0 Å². The number of hydrogen-bond donors (Lipinski definition) is 1. The second-order valence-corrected chi connectivity index (χ2v) is 8.77. The maximum absolute atomic E-state index is 13.1. The molecule has 1 N–H and O–H groups in total. The number of amides is 2. The zero-order valence-corrected chi connectivity index (χ0v) is 19.5. The van der Waals surface area contributed by atoms with Gasteiger partial charge in [0, 0.05) is 37.3 Å². The summed E-state index contributed by atoms with van der Waals surface area (Å²) in [5.41, 5.74) is 2.63. The highest BCUT2D eigenvalue weighted by Crippen LogP contribution is 2.18. The van der Waals surface area contributed by atoms with Crippen molar-refractivity contribution in [2.45, 2.75) is 46.0 Å². The zero-order chi connectivity index (χ0) is 23.4. The molecule has 172 valence electrons. The Morgan fingerprint density at radius 1 is 1.09 bits per heavy atom. The molecule has 1 aliphatic rings. The fraction of sp³-hybridized carbons (Fsp3) is 0.320. The molecule has 2 amide bonds. The minimum atomic E-state index is -0.310. The number of rotatable bonds is 7. The van der Waals surface area contributed by atoms with Crippen molar-refractivity contribution < 1.29 is 14.3 Å². The summed E-state index contributed by atoms with van der Waals surface area (Å²) in [6, 6.07) is 16.6. The molecule has 2 heterocycles. The molecule has 1 aliphatic heterocycles. The molecule has 33 heavy (non-hydrogen) atoms. The third kappa shape index (κ3) is 5.73. The molecule has 0 atom stereocenters. The number of fused-ring (bicyclic) bond motifs is 1. The molecule has 0 saturated heterocycles. The van der Waals surface area contributed by atoms with Crippen LogP contribution >= 0.6 is 11.6 Å². The normalized spacial score (nSPS) is 13.6. The predicted octanol–water partition coefficient (Wildman–Crippen LogP) is 4.30. The van der Waals surface area contributed by atoms with E-state index in [1.807, 2.05) is 62.4 Å². The molecule has 0 unspecified atom stereocenters. The summed E-state index contributed by atoms with van der Waals surface area (Å²) in [6.45, 7) is 6.01. The third-order valence-electron chi connectivity index (χ3n) is 5.35. The lowest BCUT2D eigenvalue weighted by atomic mass is 10.2. The Bertz CT molecular complexity index is 1120. The van der Waals surface area contributed by atoms with E-state index in [1.54, 1.807) is 15.6 Å². The van der Waals surface area contributed by atoms with Crippen LogP contribution in [0.3, 0.4) is 0 Å². The van der Waals surface area contributed by atoms with E-state index in [4.69, 9.17) is 16.3 Å². The Labute approximate surface area is 198 Å². The van der Waals surface area contributed by atoms with Gasteiger partial charge in [-0.25, -0.2) is 0 Å². The van der Waals surface area contributed by atoms with Crippen molar-refractivity contribution in [2.75, 3.05) is 6.54 Å². The predicted molar refractivity (Wildman–Crippen MR) is 126 cm³/mol. The lowest BCUT2D eigenvalue weighted by molar-refractivity contribution is 0.0745. The number of aryl methyl sites for hydroxylation is 1. The van der Waals surface area contributed by atoms with E-state index in [0.29, 0.717) is 36.9 Å². The number of benzene rings is 2. The van der Waals surface area contributed by atoms with Crippen molar-refractivity contribution in [3.05, 3.63) is 82.1 Å². The van der Waals surface area contributed by atoms with Crippen molar-refractivity contribution in [2.24, 2.45) is 0 Å². The fourth-order valence-electron chi connectivity index (χ4n) is 3.74. The van der Waals surface area contributed by atoms with Gasteiger partial charge in [-0.3, -0.25) is 14.3 Å². The quantitative estimate of drug-likeness (QED) is 0.563. The monoisotopic (exact) mass is 466 g/mol. The van der Waals surface area contributed by atoms with Gasteiger partial charge in [0.05, 0.1) is 6.10 Å². The van der Waals surface area contributed by atoms with Gasteiger partial charge in [-0.15, -0.1) is 0 Å². The maximum atomic E-state index is 13.1. The van der Waals surface area contributed by atoms with Gasteiger partial charge in [-0.1, -0.05) is 35.9 Å². The van der Waals surface area contributed by atoms with Gasteiger partial charge < -0.3 is 15.0 Å². The Balaban J connectivity index is 1.40. The summed E-state index contributed by atoms with van der Waals surface area (Å²) in [7, 11) is 0. The molecule has 0 spiro atoms. The SMILES string of the molecule is CC(C)Oc1ccc(CNC(=O)c2cc3n(n2)CCCN(Cc2ccc(Cl)cc2)C3=O)cc1. The van der Waals surface area contributed by atoms with E-state index in [9.17, 15) is 9.59 Å². The average molecular weight is 467 g/mol. The van der Waals surface area contributed by atoms with Crippen LogP contribution < -0.4 is 10.1 Å². The van der Waals surface area contributed by atoms with Gasteiger partial charge >= 0.3 is 0 Å². The van der Waals surface area contributed by atoms with Crippen LogP contribution in [0.25, 0.3) is 0 Å². The summed E-state index contributed by atoms with van der Waals surface area (Å²) in [5, 5.41) is 7.93. The van der Waals surface area contributed by atoms with Crippen molar-refractivity contribution in [1.29, 1.82) is 0 Å². The van der Waals surface area contributed by atoms with Crippen molar-refractivity contribution in [1.82, 2.24) is 20.0 Å². The highest BCUT2D eigenvalue weighted by molar-refractivity contribution is 6.30. The summed E-state index contributed by atoms with van der Waals surface area (Å²) >= 11 is 5.96. The van der Waals surface area contributed by atoms with E-state index in [0.717, 1.165) is 23.3 Å². The molecule has 7 nitrogen and oxygen atoms in total. The van der Waals surface area contributed by atoms with Gasteiger partial charge in [-0.2, -0.15) is 5.10 Å². The van der Waals surface area contributed by atoms with Crippen LogP contribution in [0.15, 0.2) is 54.6 Å². The lowest BCUT2D eigenvalue weighted by Crippen LogP contribution is -2.30. The molecule has 0 bridgehead atoms. The van der Waals surface area contributed by atoms with Crippen LogP contribution in [0, 0.1) is 0 Å². The first-order valence-corrected chi connectivity index (χ1v) is 11.4. The molecule has 0 aliphatic carbocycles. The Hall–Kier alpha value is -3.32. The maximum Gasteiger partial charge on any atom is 0.272 e. The van der Waals surface area contributed by atoms with E-state index < -0.39 is 0 Å². The number of hydrogen-bond acceptors (Lipinski definition) is 4. The van der Waals surface area contributed by atoms with Gasteiger partial charge in [0.2, 0.25) is 0 Å². The van der Waals surface area contributed by atoms with Crippen LogP contribution in [0.5, 0.6) is 5.75 Å². The van der Waals surface area contributed by atoms with Crippen LogP contribution in [0.2, 0.25) is 5.02 Å². The second-order valence-electron chi connectivity index (χ2n) is 8.34. The average Bonchev–Trinajstić information content (AvgIpc) is 3.17. The van der Waals surface area contributed by atoms with Crippen LogP contribution in [-0.2, 0) is 19.6 Å². The van der Waals surface area contributed by atoms with Crippen molar-refractivity contribution >= 4 is 23.4 Å². The molecule has 0 radical (unpaired) electrons. The number of carbonyl (C=O) groups is 2. The highest BCUT2D eigenvalue weighted by atomic mass is 35.5. The first-order valence-electron chi connectivity index (χ1n) is 11.0. The molecule has 8 heteroatoms. The number of halogens is 1. The minimum absolute atomic E-state index is 0.108. The molecular weight excluding hydrogens is 440 g/mol. The molecule has 0 saturated carbocycles. The smallest absolute Gasteiger partial charge is 0.272 e. The van der Waals surface area contributed by atoms with Crippen molar-refractivity contribution in [3.63, 3.8) is 0 Å². The molecule has 2 aromatic carbocycles. The number of nitrogens with one attached hydrogen (secondary N) is 1. The van der Waals surface area contributed by atoms with Crippen molar-refractivity contribution in [3.8, 4) is 5.75 Å². The summed E-state index contributed by atoms with van der Waals surface area (Å²) in [4.78, 5) is 27.6. The first-order chi connectivity index (χ1) is 15.9. The summed E-state index contributed by atoms with van der Waals surface area (Å²) in [5.74, 6) is 0.351. The number of carbonyl (C=O) groups excluding carboxylic acids is 2. The topological polar surface area (TPSA) is 76.5 Å². The standard InChI is InChI=1S/C25H27ClN4O3/c1-17(2)33-21-10-6-18(7-11-21)15-27-24(31)22-14-23-25(32)29(12-3-13-30(23)28-22)16-19-4-8-20(26)9-5-19/h4-11,14,17H,3,12-13,15-16H2,1-2H3,(H,27,31). The molecule has 0 fully saturated rings. The van der Waals surface area contributed by atoms with Crippen LogP contribution in [-0.4, -0.2) is 39.1 Å². The van der Waals surface area contributed by atoms with Gasteiger partial charge in [0.1, 0.15) is 11.4 Å². The fourth-order valence-corrected chi connectivity index (χ4v) is 3.86. The zero-order valence-electron chi connectivity index (χ0n) is 18.8. The minimum Gasteiger partial charge on any atom is -0.491 e. The molecule has 1 aromatic heterocycles. The molecular formula is C25H27ClN4O3. The number of nitrogens with zero attached hydrogens (tertiary/aromatic N) is 3. The van der Waals surface area contributed by atoms with E-state index >= 15 is 0 Å². The van der Waals surface area contributed by atoms with Gasteiger partial charge in [-0.05, 0) is 55.7 Å². The molecule has 4 rings (SSSR count). The van der Waals surface area contributed by atoms with Crippen LogP contribution in [0.4, 0.5) is 0 Å². The highest BCUT2D eigenvalue weighted by Gasteiger charge is 2.26. The summed E-state index contributed by atoms with van der Waals surface area (Å²) in [6.07, 6.45) is 0.872. The second kappa shape index (κ2) is 10.1. The van der Waals surface area contributed by atoms with Gasteiger partial charge in [0.15, 0.2) is 5.69 Å². The van der Waals surface area contributed by atoms with E-state index in [2.05, 4.69) is 10.4 Å². The largest absolute Gasteiger partial charge is 0.491 e. The van der Waals surface area contributed by atoms with Gasteiger partial charge in [0.25, 0.3) is 11.8 Å². The lowest BCUT2D eigenvalue weighted by Gasteiger charge is -2.20. The molecule has 3 aromatic rings. The number of aromatic nitrogens is 2. The third-order valence-corrected chi connectivity index (χ3v) is 5.60. The Morgan fingerprint density at radius 3 is 2.48 bits per heavy atom.